The SMILES string of the molecule is Fc1ccc(-c2ccc(-c3ccc(CCCCCCCCc4cccc(-c5ccc(-c6ccc(F)c(F)c6)c(F)c5)c4)cc3)cc2F)cc1F.N#Cc1ccc(-c2ccc(OC(=O)CCCCCCCCCC(=O)Oc3cccc(-c4ccc(C#N)cc4)c3)cc2)cc1.N#Cc1ccc(-c2ccc(OCCCCCCCCCOc3cccc(-c4ccc(C#N)cc4)c3)cc2)cc1. The summed E-state index contributed by atoms with van der Waals surface area (Å²) in [5, 5.41) is 35.8. The first-order chi connectivity index (χ1) is 64.5. The lowest BCUT2D eigenvalue weighted by Crippen LogP contribution is -2.07. The van der Waals surface area contributed by atoms with Gasteiger partial charge in [-0.15, -0.1) is 0 Å². The second-order valence-corrected chi connectivity index (χ2v) is 32.6. The number of aryl methyl sites for hydroxylation is 2. The van der Waals surface area contributed by atoms with Crippen LogP contribution in [-0.2, 0) is 22.4 Å². The summed E-state index contributed by atoms with van der Waals surface area (Å²) in [7, 11) is 0. The van der Waals surface area contributed by atoms with Crippen LogP contribution in [0.5, 0.6) is 23.0 Å². The highest BCUT2D eigenvalue weighted by Crippen LogP contribution is 2.35. The maximum absolute atomic E-state index is 14.9. The second kappa shape index (κ2) is 51.4. The molecule has 132 heavy (non-hydrogen) atoms. The summed E-state index contributed by atoms with van der Waals surface area (Å²) in [5.74, 6) is -2.55. The van der Waals surface area contributed by atoms with Gasteiger partial charge in [-0.1, -0.05) is 272 Å². The highest BCUT2D eigenvalue weighted by molar-refractivity contribution is 5.77. The van der Waals surface area contributed by atoms with Gasteiger partial charge in [0.05, 0.1) is 59.7 Å². The second-order valence-electron chi connectivity index (χ2n) is 32.6. The van der Waals surface area contributed by atoms with E-state index < -0.39 is 34.9 Å². The molecule has 0 saturated carbocycles. The lowest BCUT2D eigenvalue weighted by Gasteiger charge is -2.09. The molecule has 0 aromatic heterocycles. The van der Waals surface area contributed by atoms with Gasteiger partial charge >= 0.3 is 11.9 Å². The molecule has 0 aliphatic heterocycles. The minimum Gasteiger partial charge on any atom is -0.494 e. The fraction of sp³-hybridized carbons (Fsp3) is 0.224. The third kappa shape index (κ3) is 30.4. The summed E-state index contributed by atoms with van der Waals surface area (Å²) in [5.41, 5.74) is 17.5. The maximum Gasteiger partial charge on any atom is 0.311 e. The number of rotatable bonds is 41. The average molecular weight is 1760 g/mol. The van der Waals surface area contributed by atoms with Gasteiger partial charge < -0.3 is 18.9 Å². The van der Waals surface area contributed by atoms with Gasteiger partial charge in [-0.3, -0.25) is 9.59 Å². The van der Waals surface area contributed by atoms with E-state index in [1.54, 1.807) is 66.7 Å². The zero-order chi connectivity index (χ0) is 92.4. The molecule has 0 fully saturated rings. The molecule has 0 unspecified atom stereocenters. The van der Waals surface area contributed by atoms with Gasteiger partial charge in [0.25, 0.3) is 0 Å². The molecule has 14 aromatic rings. The van der Waals surface area contributed by atoms with Crippen molar-refractivity contribution in [3.63, 3.8) is 0 Å². The molecule has 0 bridgehead atoms. The number of carbonyl (C=O) groups excluding carboxylic acids is 2. The third-order valence-corrected chi connectivity index (χ3v) is 22.9. The van der Waals surface area contributed by atoms with Crippen molar-refractivity contribution in [2.45, 2.75) is 154 Å². The van der Waals surface area contributed by atoms with E-state index in [-0.39, 0.29) is 28.6 Å². The van der Waals surface area contributed by atoms with E-state index in [2.05, 4.69) is 72.8 Å². The molecule has 0 spiro atoms. The molecule has 0 aliphatic carbocycles. The average Bonchev–Trinajstić information content (AvgIpc) is 0.816. The monoisotopic (exact) mass is 1760 g/mol. The third-order valence-electron chi connectivity index (χ3n) is 22.9. The Morgan fingerprint density at radius 1 is 0.220 bits per heavy atom. The van der Waals surface area contributed by atoms with Crippen LogP contribution >= 0.6 is 0 Å². The van der Waals surface area contributed by atoms with E-state index >= 15 is 0 Å². The van der Waals surface area contributed by atoms with Gasteiger partial charge in [-0.2, -0.15) is 21.0 Å². The van der Waals surface area contributed by atoms with Gasteiger partial charge in [0.2, 0.25) is 0 Å². The summed E-state index contributed by atoms with van der Waals surface area (Å²) in [6.07, 6.45) is 24.2. The standard InChI is InChI=1S/C44H36F6.C37H34N2O4.C35H34N2O2/c45-39-22-18-35(27-43(39)49)37-20-16-33(25-41(37)47)31-14-12-29(13-15-31)8-5-3-1-2-4-6-9-30-10-7-11-32(24-30)34-17-21-38(42(48)26-34)36-19-23-40(46)44(50)28-36;38-26-28-13-17-30(18-14-28)31-21-23-34(24-22-31)42-36(40)11-6-4-2-1-3-5-7-12-37(41)43-35-10-8-9-33(25-35)32-19-15-29(27-39)16-20-32;36-26-28-11-15-30(16-12-28)31-19-21-34(22-20-31)38-23-6-4-2-1-3-5-7-24-39-35-10-8-9-33(25-35)32-17-13-29(27-37)14-18-32/h7,10-28H,1-6,8-9H2;8-10,13-25H,1-7,11-12H2;8-22,25H,1-7,23-24H2. The van der Waals surface area contributed by atoms with Crippen molar-refractivity contribution in [1.82, 2.24) is 0 Å². The number of benzene rings is 14. The molecule has 666 valence electrons. The Morgan fingerprint density at radius 3 is 0.917 bits per heavy atom. The van der Waals surface area contributed by atoms with Crippen molar-refractivity contribution in [2.75, 3.05) is 13.2 Å². The van der Waals surface area contributed by atoms with Crippen LogP contribution in [0.2, 0.25) is 0 Å². The summed E-state index contributed by atoms with van der Waals surface area (Å²) < 4.78 is 107. The van der Waals surface area contributed by atoms with Gasteiger partial charge in [-0.05, 0) is 274 Å². The molecule has 16 heteroatoms. The Labute approximate surface area is 770 Å². The number of hydrogen-bond donors (Lipinski definition) is 0. The van der Waals surface area contributed by atoms with Crippen molar-refractivity contribution < 1.29 is 54.9 Å². The zero-order valence-electron chi connectivity index (χ0n) is 73.9. The molecule has 0 atom stereocenters. The number of esters is 2. The quantitative estimate of drug-likeness (QED) is 0.0156. The molecule has 0 N–H and O–H groups in total. The number of unbranched alkanes of at least 4 members (excludes halogenated alkanes) is 17. The van der Waals surface area contributed by atoms with Crippen LogP contribution < -0.4 is 18.9 Å². The zero-order valence-corrected chi connectivity index (χ0v) is 73.9. The molecule has 0 heterocycles. The van der Waals surface area contributed by atoms with Gasteiger partial charge in [0.1, 0.15) is 34.6 Å². The van der Waals surface area contributed by atoms with Crippen LogP contribution in [0.4, 0.5) is 26.3 Å². The summed E-state index contributed by atoms with van der Waals surface area (Å²) in [6.45, 7) is 1.47. The lowest BCUT2D eigenvalue weighted by molar-refractivity contribution is -0.135. The van der Waals surface area contributed by atoms with Gasteiger partial charge in [-0.25, -0.2) is 26.3 Å². The molecule has 0 amide bonds. The lowest BCUT2D eigenvalue weighted by atomic mass is 9.97. The predicted octanol–water partition coefficient (Wildman–Crippen LogP) is 31.1. The van der Waals surface area contributed by atoms with Crippen molar-refractivity contribution in [1.29, 1.82) is 21.0 Å². The molecule has 14 aromatic carbocycles. The molecule has 10 nitrogen and oxygen atoms in total. The topological polar surface area (TPSA) is 166 Å². The molecule has 0 radical (unpaired) electrons. The summed E-state index contributed by atoms with van der Waals surface area (Å²) >= 11 is 0. The maximum atomic E-state index is 14.9. The van der Waals surface area contributed by atoms with Crippen molar-refractivity contribution >= 4 is 11.9 Å². The predicted molar refractivity (Wildman–Crippen MR) is 512 cm³/mol. The van der Waals surface area contributed by atoms with Crippen LogP contribution in [-0.4, -0.2) is 25.2 Å². The van der Waals surface area contributed by atoms with Gasteiger partial charge in [0, 0.05) is 24.0 Å². The summed E-state index contributed by atoms with van der Waals surface area (Å²) in [4.78, 5) is 24.5. The minimum atomic E-state index is -1.01. The van der Waals surface area contributed by atoms with Crippen molar-refractivity contribution in [2.24, 2.45) is 0 Å². The van der Waals surface area contributed by atoms with Crippen LogP contribution in [0.3, 0.4) is 0 Å². The highest BCUT2D eigenvalue weighted by atomic mass is 19.2. The normalized spacial score (nSPS) is 10.7. The van der Waals surface area contributed by atoms with E-state index in [4.69, 9.17) is 40.0 Å². The number of nitriles is 4. The Morgan fingerprint density at radius 2 is 0.508 bits per heavy atom. The highest BCUT2D eigenvalue weighted by Gasteiger charge is 2.16. The fourth-order valence-electron chi connectivity index (χ4n) is 15.5. The van der Waals surface area contributed by atoms with E-state index in [1.165, 1.54) is 67.5 Å². The molecule has 0 saturated heterocycles. The minimum absolute atomic E-state index is 0.222. The molecule has 14 rings (SSSR count). The van der Waals surface area contributed by atoms with E-state index in [0.717, 1.165) is 225 Å². The Bertz CT molecular complexity index is 6260. The van der Waals surface area contributed by atoms with E-state index in [9.17, 15) is 35.9 Å². The van der Waals surface area contributed by atoms with Crippen LogP contribution in [0.15, 0.2) is 315 Å². The van der Waals surface area contributed by atoms with Crippen LogP contribution in [0.25, 0.3) is 89.0 Å². The largest absolute Gasteiger partial charge is 0.494 e. The van der Waals surface area contributed by atoms with E-state index in [1.807, 2.05) is 152 Å². The van der Waals surface area contributed by atoms with Gasteiger partial charge in [0.15, 0.2) is 23.3 Å². The van der Waals surface area contributed by atoms with Crippen LogP contribution in [0.1, 0.15) is 175 Å². The number of carbonyl (C=O) groups is 2. The van der Waals surface area contributed by atoms with E-state index in [0.29, 0.717) is 52.2 Å². The Balaban J connectivity index is 0.000000180. The smallest absolute Gasteiger partial charge is 0.311 e. The van der Waals surface area contributed by atoms with Crippen LogP contribution in [0, 0.1) is 80.2 Å². The number of nitrogens with zero attached hydrogens (tertiary/aromatic N) is 4. The first-order valence-corrected chi connectivity index (χ1v) is 45.3. The summed E-state index contributed by atoms with van der Waals surface area (Å²) in [6, 6.07) is 102. The first kappa shape index (κ1) is 96.2. The molecular weight excluding hydrogens is 1660 g/mol. The Kier molecular flexibility index (Phi) is 37.5. The molecule has 0 aliphatic rings. The molecular formula is C116H104F6N4O6. The fourth-order valence-corrected chi connectivity index (χ4v) is 15.5. The van der Waals surface area contributed by atoms with Crippen molar-refractivity contribution in [3.8, 4) is 136 Å². The number of ether oxygens (including phenoxy) is 4. The first-order valence-electron chi connectivity index (χ1n) is 45.3. The Hall–Kier alpha value is -14.8. The number of halogens is 6. The number of hydrogen-bond acceptors (Lipinski definition) is 10. The van der Waals surface area contributed by atoms with Crippen molar-refractivity contribution in [3.05, 3.63) is 384 Å².